The van der Waals surface area contributed by atoms with Gasteiger partial charge in [0.05, 0.1) is 5.69 Å². The van der Waals surface area contributed by atoms with Gasteiger partial charge in [0.1, 0.15) is 13.2 Å². The fourth-order valence-corrected chi connectivity index (χ4v) is 3.31. The van der Waals surface area contributed by atoms with E-state index in [-0.39, 0.29) is 25.2 Å². The number of rotatable bonds is 5. The number of benzene rings is 1. The van der Waals surface area contributed by atoms with E-state index in [2.05, 4.69) is 4.57 Å². The van der Waals surface area contributed by atoms with Gasteiger partial charge in [0.2, 0.25) is 0 Å². The van der Waals surface area contributed by atoms with Crippen LogP contribution in [0.15, 0.2) is 30.3 Å². The molecule has 0 aliphatic carbocycles. The van der Waals surface area contributed by atoms with Crippen molar-refractivity contribution in [2.24, 2.45) is 0 Å². The number of hydrogen-bond acceptors (Lipinski definition) is 4. The average Bonchev–Trinajstić information content (AvgIpc) is 3.11. The first-order valence-corrected chi connectivity index (χ1v) is 8.13. The summed E-state index contributed by atoms with van der Waals surface area (Å²) >= 11 is 0. The van der Waals surface area contributed by atoms with Crippen LogP contribution in [0.2, 0.25) is 0 Å². The summed E-state index contributed by atoms with van der Waals surface area (Å²) in [6.07, 6.45) is 2.01. The van der Waals surface area contributed by atoms with Crippen LogP contribution in [0.25, 0.3) is 11.3 Å². The first kappa shape index (κ1) is 16.3. The molecule has 3 rings (SSSR count). The van der Waals surface area contributed by atoms with Gasteiger partial charge in [-0.25, -0.2) is 0 Å². The molecule has 5 heteroatoms. The lowest BCUT2D eigenvalue weighted by atomic mass is 10.0. The molecule has 5 nitrogen and oxygen atoms in total. The fourth-order valence-electron chi connectivity index (χ4n) is 3.31. The average molecular weight is 327 g/mol. The molecule has 0 radical (unpaired) electrons. The number of carbonyl (C=O) groups is 2. The normalized spacial score (nSPS) is 12.8. The van der Waals surface area contributed by atoms with Gasteiger partial charge in [-0.2, -0.15) is 0 Å². The summed E-state index contributed by atoms with van der Waals surface area (Å²) in [6, 6.07) is 10.1. The summed E-state index contributed by atoms with van der Waals surface area (Å²) in [7, 11) is 0. The summed E-state index contributed by atoms with van der Waals surface area (Å²) in [5.41, 5.74) is 5.23. The van der Waals surface area contributed by atoms with Gasteiger partial charge < -0.3 is 14.0 Å². The fraction of sp³-hybridized carbons (Fsp3) is 0.368. The molecule has 0 atom stereocenters. The number of fused-ring (bicyclic) bond motifs is 1. The largest absolute Gasteiger partial charge is 0.461 e. The highest BCUT2D eigenvalue weighted by molar-refractivity contribution is 5.70. The highest BCUT2D eigenvalue weighted by Gasteiger charge is 2.27. The Morgan fingerprint density at radius 3 is 2.25 bits per heavy atom. The third kappa shape index (κ3) is 3.20. The molecule has 2 heterocycles. The number of aromatic nitrogens is 1. The van der Waals surface area contributed by atoms with Crippen molar-refractivity contribution in [3.8, 4) is 11.3 Å². The van der Waals surface area contributed by atoms with E-state index in [1.54, 1.807) is 0 Å². The second kappa shape index (κ2) is 6.91. The Balaban J connectivity index is 2.10. The van der Waals surface area contributed by atoms with Gasteiger partial charge in [0.25, 0.3) is 0 Å². The standard InChI is InChI=1S/C19H21NO4/c1-13(21)23-11-16-17(12-24-14(2)22)19(15-7-4-3-5-8-15)20-10-6-9-18(16)20/h3-5,7-8H,6,9-12H2,1-2H3. The molecule has 1 aliphatic heterocycles. The number of ether oxygens (including phenoxy) is 2. The predicted octanol–water partition coefficient (Wildman–Crippen LogP) is 3.23. The van der Waals surface area contributed by atoms with Gasteiger partial charge in [-0.3, -0.25) is 9.59 Å². The lowest BCUT2D eigenvalue weighted by Crippen LogP contribution is -2.06. The molecule has 1 aromatic heterocycles. The van der Waals surface area contributed by atoms with Gasteiger partial charge in [0.15, 0.2) is 0 Å². The molecule has 0 unspecified atom stereocenters. The van der Waals surface area contributed by atoms with Crippen molar-refractivity contribution in [2.45, 2.75) is 46.4 Å². The molecule has 0 fully saturated rings. The van der Waals surface area contributed by atoms with E-state index in [0.29, 0.717) is 0 Å². The molecular formula is C19H21NO4. The molecule has 126 valence electrons. The van der Waals surface area contributed by atoms with Crippen LogP contribution in [0.5, 0.6) is 0 Å². The van der Waals surface area contributed by atoms with Crippen LogP contribution in [-0.4, -0.2) is 16.5 Å². The molecule has 0 saturated heterocycles. The Labute approximate surface area is 141 Å². The lowest BCUT2D eigenvalue weighted by Gasteiger charge is -2.11. The van der Waals surface area contributed by atoms with Crippen molar-refractivity contribution in [2.75, 3.05) is 0 Å². The molecule has 0 spiro atoms. The van der Waals surface area contributed by atoms with E-state index in [0.717, 1.165) is 41.8 Å². The lowest BCUT2D eigenvalue weighted by molar-refractivity contribution is -0.143. The summed E-state index contributed by atoms with van der Waals surface area (Å²) in [4.78, 5) is 22.6. The van der Waals surface area contributed by atoms with E-state index >= 15 is 0 Å². The van der Waals surface area contributed by atoms with Crippen LogP contribution >= 0.6 is 0 Å². The minimum Gasteiger partial charge on any atom is -0.461 e. The Kier molecular flexibility index (Phi) is 4.69. The Bertz CT molecular complexity index is 761. The molecule has 1 aliphatic rings. The maximum atomic E-state index is 11.3. The Morgan fingerprint density at radius 2 is 1.62 bits per heavy atom. The zero-order valence-electron chi connectivity index (χ0n) is 14.0. The monoisotopic (exact) mass is 327 g/mol. The van der Waals surface area contributed by atoms with E-state index in [1.807, 2.05) is 30.3 Å². The van der Waals surface area contributed by atoms with E-state index in [1.165, 1.54) is 19.5 Å². The minimum absolute atomic E-state index is 0.191. The minimum atomic E-state index is -0.321. The predicted molar refractivity (Wildman–Crippen MR) is 89.1 cm³/mol. The van der Waals surface area contributed by atoms with Crippen molar-refractivity contribution >= 4 is 11.9 Å². The van der Waals surface area contributed by atoms with Crippen molar-refractivity contribution in [3.05, 3.63) is 47.2 Å². The first-order chi connectivity index (χ1) is 11.6. The van der Waals surface area contributed by atoms with Gasteiger partial charge in [-0.15, -0.1) is 0 Å². The molecule has 0 bridgehead atoms. The van der Waals surface area contributed by atoms with Crippen LogP contribution in [-0.2, 0) is 45.2 Å². The smallest absolute Gasteiger partial charge is 0.302 e. The second-order valence-electron chi connectivity index (χ2n) is 5.93. The summed E-state index contributed by atoms with van der Waals surface area (Å²) in [6.45, 7) is 4.13. The third-order valence-corrected chi connectivity index (χ3v) is 4.28. The van der Waals surface area contributed by atoms with Crippen LogP contribution < -0.4 is 0 Å². The SMILES string of the molecule is CC(=O)OCc1c(COC(C)=O)c(-c2ccccc2)n2c1CCC2. The van der Waals surface area contributed by atoms with Crippen molar-refractivity contribution in [1.82, 2.24) is 4.57 Å². The van der Waals surface area contributed by atoms with Gasteiger partial charge in [0, 0.05) is 37.2 Å². The molecule has 2 aromatic rings. The summed E-state index contributed by atoms with van der Waals surface area (Å²) in [5.74, 6) is -0.633. The maximum absolute atomic E-state index is 11.3. The summed E-state index contributed by atoms with van der Waals surface area (Å²) in [5, 5.41) is 0. The molecule has 0 saturated carbocycles. The highest BCUT2D eigenvalue weighted by atomic mass is 16.5. The molecule has 24 heavy (non-hydrogen) atoms. The Hall–Kier alpha value is -2.56. The zero-order valence-corrected chi connectivity index (χ0v) is 14.0. The molecule has 0 amide bonds. The van der Waals surface area contributed by atoms with Crippen LogP contribution in [0.3, 0.4) is 0 Å². The molecule has 0 N–H and O–H groups in total. The number of carbonyl (C=O) groups excluding carboxylic acids is 2. The van der Waals surface area contributed by atoms with Crippen molar-refractivity contribution in [3.63, 3.8) is 0 Å². The van der Waals surface area contributed by atoms with Gasteiger partial charge in [-0.05, 0) is 18.4 Å². The van der Waals surface area contributed by atoms with Crippen LogP contribution in [0, 0.1) is 0 Å². The first-order valence-electron chi connectivity index (χ1n) is 8.13. The van der Waals surface area contributed by atoms with Crippen LogP contribution in [0.1, 0.15) is 37.1 Å². The second-order valence-corrected chi connectivity index (χ2v) is 5.93. The zero-order chi connectivity index (χ0) is 17.1. The topological polar surface area (TPSA) is 57.5 Å². The van der Waals surface area contributed by atoms with E-state index < -0.39 is 0 Å². The third-order valence-electron chi connectivity index (χ3n) is 4.28. The van der Waals surface area contributed by atoms with Gasteiger partial charge >= 0.3 is 11.9 Å². The molecular weight excluding hydrogens is 306 g/mol. The van der Waals surface area contributed by atoms with E-state index in [9.17, 15) is 9.59 Å². The quantitative estimate of drug-likeness (QED) is 0.791. The number of nitrogens with zero attached hydrogens (tertiary/aromatic N) is 1. The maximum Gasteiger partial charge on any atom is 0.302 e. The highest BCUT2D eigenvalue weighted by Crippen LogP contribution is 2.36. The molecule has 1 aromatic carbocycles. The van der Waals surface area contributed by atoms with Crippen LogP contribution in [0.4, 0.5) is 0 Å². The number of esters is 2. The van der Waals surface area contributed by atoms with E-state index in [4.69, 9.17) is 9.47 Å². The Morgan fingerprint density at radius 1 is 1.00 bits per heavy atom. The number of hydrogen-bond donors (Lipinski definition) is 0. The van der Waals surface area contributed by atoms with Gasteiger partial charge in [-0.1, -0.05) is 30.3 Å². The summed E-state index contributed by atoms with van der Waals surface area (Å²) < 4.78 is 12.8. The van der Waals surface area contributed by atoms with Crippen molar-refractivity contribution in [1.29, 1.82) is 0 Å². The van der Waals surface area contributed by atoms with Crippen molar-refractivity contribution < 1.29 is 19.1 Å².